The lowest BCUT2D eigenvalue weighted by atomic mass is 10.1. The van der Waals surface area contributed by atoms with Gasteiger partial charge in [0, 0.05) is 24.3 Å². The van der Waals surface area contributed by atoms with Crippen LogP contribution >= 0.6 is 0 Å². The van der Waals surface area contributed by atoms with Crippen LogP contribution in [0.15, 0.2) is 6.07 Å². The van der Waals surface area contributed by atoms with Crippen molar-refractivity contribution < 1.29 is 0 Å². The Morgan fingerprint density at radius 3 is 3.20 bits per heavy atom. The van der Waals surface area contributed by atoms with E-state index >= 15 is 0 Å². The monoisotopic (exact) mass is 208 g/mol. The highest BCUT2D eigenvalue weighted by atomic mass is 15.2. The summed E-state index contributed by atoms with van der Waals surface area (Å²) >= 11 is 0. The second kappa shape index (κ2) is 4.66. The van der Waals surface area contributed by atoms with Crippen LogP contribution in [-0.2, 0) is 0 Å². The molecule has 0 aromatic carbocycles. The molecule has 1 saturated heterocycles. The summed E-state index contributed by atoms with van der Waals surface area (Å²) in [4.78, 5) is 0. The normalized spacial score (nSPS) is 22.9. The van der Waals surface area contributed by atoms with Gasteiger partial charge in [0.25, 0.3) is 0 Å². The molecule has 0 spiro atoms. The van der Waals surface area contributed by atoms with E-state index in [1.165, 1.54) is 12.1 Å². The van der Waals surface area contributed by atoms with E-state index in [2.05, 4.69) is 40.7 Å². The standard InChI is InChI=1S/C11H20N4/c1-3-8(2)10-6-11(15-14-10)13-9-4-5-12-7-9/h6,8-9,12H,3-5,7H2,1-2H3,(H2,13,14,15). The summed E-state index contributed by atoms with van der Waals surface area (Å²) in [7, 11) is 0. The Labute approximate surface area is 90.8 Å². The average molecular weight is 208 g/mol. The quantitative estimate of drug-likeness (QED) is 0.706. The van der Waals surface area contributed by atoms with Gasteiger partial charge in [-0.15, -0.1) is 0 Å². The van der Waals surface area contributed by atoms with Crippen molar-refractivity contribution in [2.24, 2.45) is 0 Å². The van der Waals surface area contributed by atoms with E-state index in [9.17, 15) is 0 Å². The van der Waals surface area contributed by atoms with Crippen molar-refractivity contribution in [1.29, 1.82) is 0 Å². The number of aromatic nitrogens is 2. The first-order valence-corrected chi connectivity index (χ1v) is 5.82. The lowest BCUT2D eigenvalue weighted by molar-refractivity contribution is 0.703. The number of rotatable bonds is 4. The lowest BCUT2D eigenvalue weighted by Crippen LogP contribution is -2.22. The Morgan fingerprint density at radius 2 is 2.53 bits per heavy atom. The second-order valence-corrected chi connectivity index (χ2v) is 4.35. The van der Waals surface area contributed by atoms with Gasteiger partial charge in [0.1, 0.15) is 5.82 Å². The van der Waals surface area contributed by atoms with Gasteiger partial charge >= 0.3 is 0 Å². The third-order valence-corrected chi connectivity index (χ3v) is 3.15. The zero-order valence-electron chi connectivity index (χ0n) is 9.51. The summed E-state index contributed by atoms with van der Waals surface area (Å²) in [6.45, 7) is 6.57. The Kier molecular flexibility index (Phi) is 3.26. The first-order valence-electron chi connectivity index (χ1n) is 5.82. The molecule has 0 bridgehead atoms. The number of hydrogen-bond acceptors (Lipinski definition) is 3. The van der Waals surface area contributed by atoms with Crippen LogP contribution in [-0.4, -0.2) is 29.3 Å². The van der Waals surface area contributed by atoms with E-state index in [-0.39, 0.29) is 0 Å². The molecule has 2 rings (SSSR count). The third-order valence-electron chi connectivity index (χ3n) is 3.15. The van der Waals surface area contributed by atoms with Gasteiger partial charge in [-0.05, 0) is 25.3 Å². The average Bonchev–Trinajstić information content (AvgIpc) is 2.88. The van der Waals surface area contributed by atoms with Crippen molar-refractivity contribution in [3.8, 4) is 0 Å². The molecule has 15 heavy (non-hydrogen) atoms. The van der Waals surface area contributed by atoms with E-state index in [1.807, 2.05) is 0 Å². The van der Waals surface area contributed by atoms with Crippen LogP contribution in [0.1, 0.15) is 38.3 Å². The minimum Gasteiger partial charge on any atom is -0.365 e. The SMILES string of the molecule is CCC(C)c1cc(NC2CCNC2)n[nH]1. The van der Waals surface area contributed by atoms with E-state index < -0.39 is 0 Å². The number of nitrogens with one attached hydrogen (secondary N) is 3. The molecule has 4 nitrogen and oxygen atoms in total. The van der Waals surface area contributed by atoms with Crippen LogP contribution in [0.5, 0.6) is 0 Å². The Hall–Kier alpha value is -1.03. The van der Waals surface area contributed by atoms with E-state index in [4.69, 9.17) is 0 Å². The molecule has 1 aliphatic heterocycles. The van der Waals surface area contributed by atoms with E-state index in [0.29, 0.717) is 12.0 Å². The summed E-state index contributed by atoms with van der Waals surface area (Å²) in [6.07, 6.45) is 2.33. The van der Waals surface area contributed by atoms with Crippen LogP contribution in [0, 0.1) is 0 Å². The summed E-state index contributed by atoms with van der Waals surface area (Å²) in [5, 5.41) is 14.2. The largest absolute Gasteiger partial charge is 0.365 e. The molecular formula is C11H20N4. The van der Waals surface area contributed by atoms with E-state index in [0.717, 1.165) is 25.3 Å². The molecule has 3 N–H and O–H groups in total. The maximum absolute atomic E-state index is 4.28. The highest BCUT2D eigenvalue weighted by Crippen LogP contribution is 2.19. The maximum Gasteiger partial charge on any atom is 0.148 e. The van der Waals surface area contributed by atoms with Gasteiger partial charge in [0.2, 0.25) is 0 Å². The fourth-order valence-corrected chi connectivity index (χ4v) is 1.87. The Balaban J connectivity index is 1.94. The van der Waals surface area contributed by atoms with Gasteiger partial charge in [-0.3, -0.25) is 5.10 Å². The summed E-state index contributed by atoms with van der Waals surface area (Å²) in [5.74, 6) is 1.55. The number of nitrogens with zero attached hydrogens (tertiary/aromatic N) is 1. The lowest BCUT2D eigenvalue weighted by Gasteiger charge is -2.09. The van der Waals surface area contributed by atoms with Crippen LogP contribution in [0.2, 0.25) is 0 Å². The second-order valence-electron chi connectivity index (χ2n) is 4.35. The smallest absolute Gasteiger partial charge is 0.148 e. The maximum atomic E-state index is 4.28. The third kappa shape index (κ3) is 2.50. The zero-order valence-corrected chi connectivity index (χ0v) is 9.51. The first-order chi connectivity index (χ1) is 7.29. The van der Waals surface area contributed by atoms with Gasteiger partial charge in [0.05, 0.1) is 0 Å². The Bertz CT molecular complexity index is 301. The number of aromatic amines is 1. The predicted octanol–water partition coefficient (Wildman–Crippen LogP) is 1.70. The minimum absolute atomic E-state index is 0.540. The molecule has 2 heterocycles. The van der Waals surface area contributed by atoms with Crippen molar-refractivity contribution in [2.45, 2.75) is 38.6 Å². The molecule has 0 saturated carbocycles. The fourth-order valence-electron chi connectivity index (χ4n) is 1.87. The van der Waals surface area contributed by atoms with Gasteiger partial charge in [0.15, 0.2) is 0 Å². The molecule has 0 aliphatic carbocycles. The molecular weight excluding hydrogens is 188 g/mol. The molecule has 0 radical (unpaired) electrons. The van der Waals surface area contributed by atoms with Crippen LogP contribution < -0.4 is 10.6 Å². The van der Waals surface area contributed by atoms with Gasteiger partial charge in [-0.1, -0.05) is 13.8 Å². The number of anilines is 1. The number of hydrogen-bond donors (Lipinski definition) is 3. The molecule has 0 amide bonds. The minimum atomic E-state index is 0.540. The van der Waals surface area contributed by atoms with Crippen molar-refractivity contribution in [3.63, 3.8) is 0 Å². The van der Waals surface area contributed by atoms with Crippen molar-refractivity contribution in [2.75, 3.05) is 18.4 Å². The van der Waals surface area contributed by atoms with Gasteiger partial charge < -0.3 is 10.6 Å². The van der Waals surface area contributed by atoms with Crippen LogP contribution in [0.25, 0.3) is 0 Å². The van der Waals surface area contributed by atoms with Crippen molar-refractivity contribution in [3.05, 3.63) is 11.8 Å². The number of H-pyrrole nitrogens is 1. The Morgan fingerprint density at radius 1 is 1.67 bits per heavy atom. The molecule has 84 valence electrons. The summed E-state index contributed by atoms with van der Waals surface area (Å²) in [5.41, 5.74) is 1.23. The molecule has 1 aromatic heterocycles. The van der Waals surface area contributed by atoms with Gasteiger partial charge in [-0.25, -0.2) is 0 Å². The van der Waals surface area contributed by atoms with Crippen LogP contribution in [0.4, 0.5) is 5.82 Å². The zero-order chi connectivity index (χ0) is 10.7. The molecule has 2 unspecified atom stereocenters. The van der Waals surface area contributed by atoms with Crippen molar-refractivity contribution >= 4 is 5.82 Å². The first kappa shape index (κ1) is 10.5. The van der Waals surface area contributed by atoms with E-state index in [1.54, 1.807) is 0 Å². The molecule has 1 aliphatic rings. The molecule has 1 fully saturated rings. The predicted molar refractivity (Wildman–Crippen MR) is 62.2 cm³/mol. The molecule has 1 aromatic rings. The summed E-state index contributed by atoms with van der Waals surface area (Å²) in [6, 6.07) is 2.67. The van der Waals surface area contributed by atoms with Crippen LogP contribution in [0.3, 0.4) is 0 Å². The summed E-state index contributed by atoms with van der Waals surface area (Å²) < 4.78 is 0. The highest BCUT2D eigenvalue weighted by Gasteiger charge is 2.15. The van der Waals surface area contributed by atoms with Crippen molar-refractivity contribution in [1.82, 2.24) is 15.5 Å². The van der Waals surface area contributed by atoms with Gasteiger partial charge in [-0.2, -0.15) is 5.10 Å². The topological polar surface area (TPSA) is 52.7 Å². The molecule has 4 heteroatoms. The fraction of sp³-hybridized carbons (Fsp3) is 0.727. The highest BCUT2D eigenvalue weighted by molar-refractivity contribution is 5.37. The molecule has 2 atom stereocenters.